The van der Waals surface area contributed by atoms with Crippen LogP contribution >= 0.6 is 11.8 Å². The molecule has 0 aromatic heterocycles. The summed E-state index contributed by atoms with van der Waals surface area (Å²) in [6.07, 6.45) is 4.75. The third kappa shape index (κ3) is 5.35. The molecular formula is C27H37NO2S. The number of piperidine rings is 1. The van der Waals surface area contributed by atoms with Crippen LogP contribution in [0.4, 0.5) is 0 Å². The first-order valence-corrected chi connectivity index (χ1v) is 12.9. The van der Waals surface area contributed by atoms with Gasteiger partial charge in [0.1, 0.15) is 0 Å². The van der Waals surface area contributed by atoms with Crippen LogP contribution in [0.3, 0.4) is 0 Å². The van der Waals surface area contributed by atoms with Crippen LogP contribution in [0, 0.1) is 11.8 Å². The van der Waals surface area contributed by atoms with Crippen LogP contribution in [0.2, 0.25) is 0 Å². The van der Waals surface area contributed by atoms with Crippen LogP contribution in [-0.4, -0.2) is 47.6 Å². The first kappa shape index (κ1) is 23.9. The maximum atomic E-state index is 13.8. The fourth-order valence-electron chi connectivity index (χ4n) is 5.29. The highest BCUT2D eigenvalue weighted by molar-refractivity contribution is 7.98. The van der Waals surface area contributed by atoms with Crippen LogP contribution < -0.4 is 0 Å². The smallest absolute Gasteiger partial charge is 0.235 e. The second-order valence-corrected chi connectivity index (χ2v) is 10.1. The van der Waals surface area contributed by atoms with Crippen molar-refractivity contribution >= 4 is 17.7 Å². The van der Waals surface area contributed by atoms with Crippen LogP contribution in [-0.2, 0) is 10.2 Å². The minimum absolute atomic E-state index is 0.0921. The molecule has 0 bridgehead atoms. The van der Waals surface area contributed by atoms with Gasteiger partial charge in [-0.1, -0.05) is 74.5 Å². The number of aliphatic hydroxyl groups is 1. The predicted octanol–water partition coefficient (Wildman–Crippen LogP) is 5.35. The van der Waals surface area contributed by atoms with Gasteiger partial charge < -0.3 is 10.0 Å². The molecule has 1 heterocycles. The van der Waals surface area contributed by atoms with Gasteiger partial charge >= 0.3 is 0 Å². The third-order valence-electron chi connectivity index (χ3n) is 6.98. The van der Waals surface area contributed by atoms with Crippen molar-refractivity contribution in [2.75, 3.05) is 31.7 Å². The van der Waals surface area contributed by atoms with Crippen molar-refractivity contribution in [3.05, 3.63) is 71.8 Å². The number of likely N-dealkylation sites (tertiary alicyclic amines) is 1. The van der Waals surface area contributed by atoms with E-state index in [9.17, 15) is 9.90 Å². The SMILES string of the molecule is CSCCC(CO)(C(=O)N1CCC(C(c2ccccc2)C(C)C)CC1)c1ccccc1. The summed E-state index contributed by atoms with van der Waals surface area (Å²) in [5, 5.41) is 10.5. The van der Waals surface area contributed by atoms with Crippen molar-refractivity contribution in [3.63, 3.8) is 0 Å². The lowest BCUT2D eigenvalue weighted by molar-refractivity contribution is -0.141. The lowest BCUT2D eigenvalue weighted by Gasteiger charge is -2.42. The molecule has 2 atom stereocenters. The summed E-state index contributed by atoms with van der Waals surface area (Å²) in [6, 6.07) is 20.7. The third-order valence-corrected chi connectivity index (χ3v) is 7.59. The molecule has 2 aromatic rings. The van der Waals surface area contributed by atoms with E-state index in [1.54, 1.807) is 11.8 Å². The molecule has 168 valence electrons. The summed E-state index contributed by atoms with van der Waals surface area (Å²) in [5.41, 5.74) is 1.51. The number of rotatable bonds is 9. The Morgan fingerprint density at radius 1 is 1.06 bits per heavy atom. The quantitative estimate of drug-likeness (QED) is 0.573. The average Bonchev–Trinajstić information content (AvgIpc) is 2.81. The van der Waals surface area contributed by atoms with Crippen LogP contribution in [0.25, 0.3) is 0 Å². The Morgan fingerprint density at radius 2 is 1.65 bits per heavy atom. The molecule has 2 aromatic carbocycles. The molecule has 4 heteroatoms. The van der Waals surface area contributed by atoms with Crippen LogP contribution in [0.15, 0.2) is 60.7 Å². The summed E-state index contributed by atoms with van der Waals surface area (Å²) >= 11 is 1.73. The first-order valence-electron chi connectivity index (χ1n) is 11.5. The van der Waals surface area contributed by atoms with Crippen molar-refractivity contribution in [1.29, 1.82) is 0 Å². The van der Waals surface area contributed by atoms with Crippen molar-refractivity contribution in [2.45, 2.75) is 44.4 Å². The molecule has 1 amide bonds. The van der Waals surface area contributed by atoms with E-state index in [1.165, 1.54) is 5.56 Å². The number of amides is 1. The zero-order valence-electron chi connectivity index (χ0n) is 19.2. The summed E-state index contributed by atoms with van der Waals surface area (Å²) in [6.45, 7) is 6.02. The normalized spacial score (nSPS) is 18.0. The highest BCUT2D eigenvalue weighted by Crippen LogP contribution is 2.39. The van der Waals surface area contributed by atoms with E-state index in [2.05, 4.69) is 50.4 Å². The Bertz CT molecular complexity index is 803. The number of nitrogens with zero attached hydrogens (tertiary/aromatic N) is 1. The van der Waals surface area contributed by atoms with Gasteiger partial charge in [-0.25, -0.2) is 0 Å². The highest BCUT2D eigenvalue weighted by Gasteiger charge is 2.43. The Balaban J connectivity index is 1.77. The van der Waals surface area contributed by atoms with Crippen molar-refractivity contribution in [1.82, 2.24) is 4.90 Å². The van der Waals surface area contributed by atoms with Gasteiger partial charge in [-0.15, -0.1) is 0 Å². The molecule has 1 aliphatic rings. The largest absolute Gasteiger partial charge is 0.395 e. The molecule has 2 unspecified atom stereocenters. The Kier molecular flexibility index (Phi) is 8.62. The van der Waals surface area contributed by atoms with E-state index < -0.39 is 5.41 Å². The van der Waals surface area contributed by atoms with Gasteiger partial charge in [0.05, 0.1) is 12.0 Å². The van der Waals surface area contributed by atoms with Gasteiger partial charge in [-0.2, -0.15) is 11.8 Å². The topological polar surface area (TPSA) is 40.5 Å². The summed E-state index contributed by atoms with van der Waals surface area (Å²) in [5.74, 6) is 2.61. The minimum atomic E-state index is -0.839. The zero-order valence-corrected chi connectivity index (χ0v) is 20.0. The minimum Gasteiger partial charge on any atom is -0.395 e. The maximum Gasteiger partial charge on any atom is 0.235 e. The summed E-state index contributed by atoms with van der Waals surface area (Å²) in [7, 11) is 0. The van der Waals surface area contributed by atoms with Crippen molar-refractivity contribution in [3.8, 4) is 0 Å². The number of hydrogen-bond acceptors (Lipinski definition) is 3. The van der Waals surface area contributed by atoms with Gasteiger partial charge in [0.15, 0.2) is 0 Å². The first-order chi connectivity index (χ1) is 15.0. The molecule has 0 saturated carbocycles. The van der Waals surface area contributed by atoms with Gasteiger partial charge in [0.2, 0.25) is 5.91 Å². The average molecular weight is 440 g/mol. The standard InChI is InChI=1S/C27H37NO2S/c1-21(2)25(22-10-6-4-7-11-22)23-14-17-28(18-15-23)26(30)27(20-29,16-19-31-3)24-12-8-5-9-13-24/h4-13,21,23,25,29H,14-20H2,1-3H3. The number of thioether (sulfide) groups is 1. The molecular weight excluding hydrogens is 402 g/mol. The van der Waals surface area contributed by atoms with E-state index >= 15 is 0 Å². The Labute approximate surface area is 192 Å². The van der Waals surface area contributed by atoms with Gasteiger partial charge in [0.25, 0.3) is 0 Å². The fraction of sp³-hybridized carbons (Fsp3) is 0.519. The molecule has 1 N–H and O–H groups in total. The van der Waals surface area contributed by atoms with Crippen LogP contribution in [0.5, 0.6) is 0 Å². The summed E-state index contributed by atoms with van der Waals surface area (Å²) < 4.78 is 0. The van der Waals surface area contributed by atoms with E-state index in [0.717, 1.165) is 37.2 Å². The van der Waals surface area contributed by atoms with Crippen LogP contribution in [0.1, 0.15) is 50.2 Å². The van der Waals surface area contributed by atoms with Gasteiger partial charge in [-0.3, -0.25) is 4.79 Å². The number of hydrogen-bond donors (Lipinski definition) is 1. The molecule has 1 aliphatic heterocycles. The Hall–Kier alpha value is -1.78. The van der Waals surface area contributed by atoms with E-state index in [1.807, 2.05) is 35.2 Å². The molecule has 3 rings (SSSR count). The number of aliphatic hydroxyl groups excluding tert-OH is 1. The fourth-order valence-corrected chi connectivity index (χ4v) is 5.84. The molecule has 0 radical (unpaired) electrons. The lowest BCUT2D eigenvalue weighted by atomic mass is 9.73. The molecule has 0 aliphatic carbocycles. The summed E-state index contributed by atoms with van der Waals surface area (Å²) in [4.78, 5) is 15.8. The van der Waals surface area contributed by atoms with E-state index in [4.69, 9.17) is 0 Å². The molecule has 0 spiro atoms. The van der Waals surface area contributed by atoms with Crippen molar-refractivity contribution in [2.24, 2.45) is 11.8 Å². The predicted molar refractivity (Wildman–Crippen MR) is 132 cm³/mol. The highest BCUT2D eigenvalue weighted by atomic mass is 32.2. The molecule has 1 saturated heterocycles. The Morgan fingerprint density at radius 3 is 2.16 bits per heavy atom. The van der Waals surface area contributed by atoms with E-state index in [0.29, 0.717) is 24.2 Å². The zero-order chi connectivity index (χ0) is 22.3. The maximum absolute atomic E-state index is 13.8. The van der Waals surface area contributed by atoms with Gasteiger partial charge in [-0.05, 0) is 60.2 Å². The van der Waals surface area contributed by atoms with Crippen molar-refractivity contribution < 1.29 is 9.90 Å². The molecule has 31 heavy (non-hydrogen) atoms. The number of carbonyl (C=O) groups excluding carboxylic acids is 1. The second kappa shape index (κ2) is 11.2. The lowest BCUT2D eigenvalue weighted by Crippen LogP contribution is -2.52. The van der Waals surface area contributed by atoms with E-state index in [-0.39, 0.29) is 12.5 Å². The second-order valence-electron chi connectivity index (χ2n) is 9.16. The van der Waals surface area contributed by atoms with Gasteiger partial charge in [0, 0.05) is 13.1 Å². The molecule has 1 fully saturated rings. The number of carbonyl (C=O) groups is 1. The molecule has 3 nitrogen and oxygen atoms in total. The number of benzene rings is 2. The monoisotopic (exact) mass is 439 g/mol.